The SMILES string of the molecule is N#C/C(=C/c1csc(-c2cccs2)n1)c1nc2ccccc2[nH]1. The fraction of sp³-hybridized carbons (Fsp3) is 0. The van der Waals surface area contributed by atoms with Crippen LogP contribution >= 0.6 is 22.7 Å². The number of benzene rings is 1. The lowest BCUT2D eigenvalue weighted by atomic mass is 10.2. The molecule has 3 heterocycles. The van der Waals surface area contributed by atoms with Crippen molar-refractivity contribution in [2.75, 3.05) is 0 Å². The van der Waals surface area contributed by atoms with Crippen LogP contribution in [0.15, 0.2) is 47.2 Å². The lowest BCUT2D eigenvalue weighted by Gasteiger charge is -1.91. The quantitative estimate of drug-likeness (QED) is 0.547. The number of para-hydroxylation sites is 2. The van der Waals surface area contributed by atoms with Crippen LogP contribution in [0.25, 0.3) is 32.6 Å². The van der Waals surface area contributed by atoms with E-state index in [1.807, 2.05) is 47.2 Å². The Kier molecular flexibility index (Phi) is 3.50. The van der Waals surface area contributed by atoms with Gasteiger partial charge in [0.1, 0.15) is 16.9 Å². The van der Waals surface area contributed by atoms with E-state index in [1.165, 1.54) is 0 Å². The van der Waals surface area contributed by atoms with Gasteiger partial charge in [-0.2, -0.15) is 5.26 Å². The Balaban J connectivity index is 1.72. The maximum atomic E-state index is 9.46. The van der Waals surface area contributed by atoms with Crippen molar-refractivity contribution in [1.29, 1.82) is 5.26 Å². The van der Waals surface area contributed by atoms with E-state index in [1.54, 1.807) is 28.7 Å². The highest BCUT2D eigenvalue weighted by molar-refractivity contribution is 7.20. The first-order chi connectivity index (χ1) is 11.3. The van der Waals surface area contributed by atoms with Crippen molar-refractivity contribution in [3.63, 3.8) is 0 Å². The molecular formula is C17H10N4S2. The van der Waals surface area contributed by atoms with Crippen LogP contribution < -0.4 is 0 Å². The zero-order valence-corrected chi connectivity index (χ0v) is 13.5. The van der Waals surface area contributed by atoms with Gasteiger partial charge in [-0.05, 0) is 29.7 Å². The maximum Gasteiger partial charge on any atom is 0.149 e. The van der Waals surface area contributed by atoms with E-state index in [9.17, 15) is 5.26 Å². The fourth-order valence-corrected chi connectivity index (χ4v) is 3.84. The van der Waals surface area contributed by atoms with Crippen molar-refractivity contribution in [2.24, 2.45) is 0 Å². The van der Waals surface area contributed by atoms with Gasteiger partial charge in [0.15, 0.2) is 0 Å². The first-order valence-electron chi connectivity index (χ1n) is 6.90. The molecule has 23 heavy (non-hydrogen) atoms. The molecule has 0 saturated heterocycles. The number of hydrogen-bond acceptors (Lipinski definition) is 5. The minimum atomic E-state index is 0.476. The Morgan fingerprint density at radius 2 is 2.04 bits per heavy atom. The number of rotatable bonds is 3. The van der Waals surface area contributed by atoms with E-state index in [2.05, 4.69) is 21.0 Å². The first kappa shape index (κ1) is 13.9. The van der Waals surface area contributed by atoms with Crippen molar-refractivity contribution < 1.29 is 0 Å². The molecule has 0 atom stereocenters. The number of H-pyrrole nitrogens is 1. The average Bonchev–Trinajstić information content (AvgIpc) is 3.30. The van der Waals surface area contributed by atoms with E-state index in [-0.39, 0.29) is 0 Å². The molecular weight excluding hydrogens is 324 g/mol. The van der Waals surface area contributed by atoms with Crippen LogP contribution in [0.2, 0.25) is 0 Å². The van der Waals surface area contributed by atoms with Crippen molar-refractivity contribution in [3.05, 3.63) is 58.7 Å². The summed E-state index contributed by atoms with van der Waals surface area (Å²) in [6.07, 6.45) is 1.77. The number of nitrogens with one attached hydrogen (secondary N) is 1. The molecule has 0 fully saturated rings. The molecule has 4 aromatic rings. The number of aromatic nitrogens is 3. The zero-order valence-electron chi connectivity index (χ0n) is 11.9. The van der Waals surface area contributed by atoms with Crippen molar-refractivity contribution in [2.45, 2.75) is 0 Å². The van der Waals surface area contributed by atoms with Crippen LogP contribution in [0.5, 0.6) is 0 Å². The Bertz CT molecular complexity index is 999. The minimum Gasteiger partial charge on any atom is -0.337 e. The summed E-state index contributed by atoms with van der Waals surface area (Å²) in [7, 11) is 0. The smallest absolute Gasteiger partial charge is 0.149 e. The molecule has 0 radical (unpaired) electrons. The molecule has 0 spiro atoms. The third kappa shape index (κ3) is 2.68. The molecule has 0 unspecified atom stereocenters. The zero-order chi connectivity index (χ0) is 15.6. The lowest BCUT2D eigenvalue weighted by molar-refractivity contribution is 1.27. The van der Waals surface area contributed by atoms with Crippen LogP contribution in [0.4, 0.5) is 0 Å². The molecule has 1 N–H and O–H groups in total. The number of nitriles is 1. The molecule has 4 nitrogen and oxygen atoms in total. The summed E-state index contributed by atoms with van der Waals surface area (Å²) in [5, 5.41) is 14.4. The van der Waals surface area contributed by atoms with Gasteiger partial charge in [-0.3, -0.25) is 0 Å². The van der Waals surface area contributed by atoms with Crippen LogP contribution in [0.3, 0.4) is 0 Å². The van der Waals surface area contributed by atoms with Gasteiger partial charge in [-0.1, -0.05) is 18.2 Å². The third-order valence-corrected chi connectivity index (χ3v) is 5.21. The highest BCUT2D eigenvalue weighted by Gasteiger charge is 2.10. The molecule has 1 aromatic carbocycles. The normalized spacial score (nSPS) is 11.7. The minimum absolute atomic E-state index is 0.476. The second kappa shape index (κ2) is 5.80. The van der Waals surface area contributed by atoms with Gasteiger partial charge in [-0.15, -0.1) is 22.7 Å². The van der Waals surface area contributed by atoms with E-state index in [4.69, 9.17) is 0 Å². The van der Waals surface area contributed by atoms with Crippen molar-refractivity contribution in [1.82, 2.24) is 15.0 Å². The number of allylic oxidation sites excluding steroid dienone is 1. The van der Waals surface area contributed by atoms with Crippen LogP contribution in [0, 0.1) is 11.3 Å². The molecule has 0 aliphatic rings. The van der Waals surface area contributed by atoms with E-state index < -0.39 is 0 Å². The predicted molar refractivity (Wildman–Crippen MR) is 95.0 cm³/mol. The summed E-state index contributed by atoms with van der Waals surface area (Å²) >= 11 is 3.23. The average molecular weight is 334 g/mol. The standard InChI is InChI=1S/C17H10N4S2/c18-9-11(16-20-13-4-1-2-5-14(13)21-16)8-12-10-23-17(19-12)15-6-3-7-22-15/h1-8,10H,(H,20,21)/b11-8-. The number of thiophene rings is 1. The molecule has 0 aliphatic heterocycles. The second-order valence-corrected chi connectivity index (χ2v) is 6.63. The third-order valence-electron chi connectivity index (χ3n) is 3.31. The van der Waals surface area contributed by atoms with Gasteiger partial charge in [0, 0.05) is 5.38 Å². The number of imidazole rings is 1. The van der Waals surface area contributed by atoms with E-state index in [0.29, 0.717) is 11.4 Å². The first-order valence-corrected chi connectivity index (χ1v) is 8.66. The maximum absolute atomic E-state index is 9.46. The largest absolute Gasteiger partial charge is 0.337 e. The van der Waals surface area contributed by atoms with E-state index >= 15 is 0 Å². The Labute approximate surface area is 140 Å². The van der Waals surface area contributed by atoms with Gasteiger partial charge in [-0.25, -0.2) is 9.97 Å². The molecule has 0 amide bonds. The fourth-order valence-electron chi connectivity index (χ4n) is 2.25. The molecule has 0 saturated carbocycles. The summed E-state index contributed by atoms with van der Waals surface area (Å²) in [6, 6.07) is 14.0. The van der Waals surface area contributed by atoms with Gasteiger partial charge < -0.3 is 4.98 Å². The monoisotopic (exact) mass is 334 g/mol. The topological polar surface area (TPSA) is 65.4 Å². The van der Waals surface area contributed by atoms with E-state index in [0.717, 1.165) is 26.6 Å². The number of hydrogen-bond donors (Lipinski definition) is 1. The van der Waals surface area contributed by atoms with Crippen LogP contribution in [-0.4, -0.2) is 15.0 Å². The predicted octanol–water partition coefficient (Wildman–Crippen LogP) is 4.81. The van der Waals surface area contributed by atoms with Gasteiger partial charge in [0.2, 0.25) is 0 Å². The number of thiazole rings is 1. The Morgan fingerprint density at radius 1 is 1.13 bits per heavy atom. The molecule has 4 rings (SSSR count). The van der Waals surface area contributed by atoms with Crippen molar-refractivity contribution in [3.8, 4) is 16.0 Å². The summed E-state index contributed by atoms with van der Waals surface area (Å²) in [4.78, 5) is 13.4. The van der Waals surface area contributed by atoms with Crippen molar-refractivity contribution >= 4 is 45.4 Å². The molecule has 3 aromatic heterocycles. The van der Waals surface area contributed by atoms with Gasteiger partial charge in [0.05, 0.1) is 27.2 Å². The summed E-state index contributed by atoms with van der Waals surface area (Å²) in [5.74, 6) is 0.569. The Morgan fingerprint density at radius 3 is 2.83 bits per heavy atom. The molecule has 0 bridgehead atoms. The van der Waals surface area contributed by atoms with Crippen LogP contribution in [0.1, 0.15) is 11.5 Å². The summed E-state index contributed by atoms with van der Waals surface area (Å²) in [6.45, 7) is 0. The van der Waals surface area contributed by atoms with Crippen LogP contribution in [-0.2, 0) is 0 Å². The molecule has 0 aliphatic carbocycles. The number of nitrogens with zero attached hydrogens (tertiary/aromatic N) is 3. The second-order valence-electron chi connectivity index (χ2n) is 4.83. The molecule has 110 valence electrons. The highest BCUT2D eigenvalue weighted by atomic mass is 32.1. The molecule has 6 heteroatoms. The number of aromatic amines is 1. The lowest BCUT2D eigenvalue weighted by Crippen LogP contribution is -1.85. The Hall–Kier alpha value is -2.75. The van der Waals surface area contributed by atoms with Gasteiger partial charge >= 0.3 is 0 Å². The number of fused-ring (bicyclic) bond motifs is 1. The summed E-state index contributed by atoms with van der Waals surface area (Å²) < 4.78 is 0. The highest BCUT2D eigenvalue weighted by Crippen LogP contribution is 2.29. The van der Waals surface area contributed by atoms with Gasteiger partial charge in [0.25, 0.3) is 0 Å². The summed E-state index contributed by atoms with van der Waals surface area (Å²) in [5.41, 5.74) is 3.02.